The van der Waals surface area contributed by atoms with Gasteiger partial charge in [0, 0.05) is 12.6 Å². The Kier molecular flexibility index (Phi) is 2.80. The Balaban J connectivity index is 2.08. The SMILES string of the molecule is Oc1cc(CNC2CC2)ccc1C(F)(F)F. The lowest BCUT2D eigenvalue weighted by atomic mass is 10.1. The van der Waals surface area contributed by atoms with Crippen LogP contribution in [0.25, 0.3) is 0 Å². The number of hydrogen-bond acceptors (Lipinski definition) is 2. The summed E-state index contributed by atoms with van der Waals surface area (Å²) in [7, 11) is 0. The molecule has 1 aliphatic rings. The van der Waals surface area contributed by atoms with Crippen LogP contribution in [0.1, 0.15) is 24.0 Å². The van der Waals surface area contributed by atoms with Crippen molar-refractivity contribution in [3.05, 3.63) is 29.3 Å². The Morgan fingerprint density at radius 2 is 2.00 bits per heavy atom. The topological polar surface area (TPSA) is 32.3 Å². The summed E-state index contributed by atoms with van der Waals surface area (Å²) in [5.74, 6) is -0.706. The van der Waals surface area contributed by atoms with Crippen LogP contribution in [0.15, 0.2) is 18.2 Å². The Morgan fingerprint density at radius 1 is 1.31 bits per heavy atom. The molecule has 0 radical (unpaired) electrons. The van der Waals surface area contributed by atoms with Gasteiger partial charge in [0.2, 0.25) is 0 Å². The number of alkyl halides is 3. The van der Waals surface area contributed by atoms with Gasteiger partial charge in [-0.15, -0.1) is 0 Å². The Bertz CT molecular complexity index is 385. The minimum absolute atomic E-state index is 0.490. The van der Waals surface area contributed by atoms with E-state index in [1.807, 2.05) is 0 Å². The maximum Gasteiger partial charge on any atom is 0.419 e. The molecule has 2 nitrogen and oxygen atoms in total. The highest BCUT2D eigenvalue weighted by molar-refractivity contribution is 5.38. The quantitative estimate of drug-likeness (QED) is 0.838. The van der Waals surface area contributed by atoms with Crippen molar-refractivity contribution in [1.29, 1.82) is 0 Å². The first-order valence-electron chi connectivity index (χ1n) is 5.09. The van der Waals surface area contributed by atoms with E-state index in [-0.39, 0.29) is 0 Å². The van der Waals surface area contributed by atoms with E-state index in [2.05, 4.69) is 5.32 Å². The van der Waals surface area contributed by atoms with Crippen LogP contribution in [0.5, 0.6) is 5.75 Å². The van der Waals surface area contributed by atoms with Gasteiger partial charge in [-0.05, 0) is 30.5 Å². The normalized spacial score (nSPS) is 16.4. The minimum Gasteiger partial charge on any atom is -0.507 e. The van der Waals surface area contributed by atoms with Crippen molar-refractivity contribution >= 4 is 0 Å². The average molecular weight is 231 g/mol. The summed E-state index contributed by atoms with van der Waals surface area (Å²) in [5, 5.41) is 12.4. The fraction of sp³-hybridized carbons (Fsp3) is 0.455. The maximum absolute atomic E-state index is 12.3. The number of nitrogens with one attached hydrogen (secondary N) is 1. The zero-order valence-electron chi connectivity index (χ0n) is 8.51. The summed E-state index contributed by atoms with van der Waals surface area (Å²) in [5.41, 5.74) is -0.319. The molecule has 2 N–H and O–H groups in total. The van der Waals surface area contributed by atoms with E-state index in [0.717, 1.165) is 25.0 Å². The van der Waals surface area contributed by atoms with Crippen LogP contribution in [-0.2, 0) is 12.7 Å². The molecule has 0 bridgehead atoms. The molecule has 1 aliphatic carbocycles. The molecule has 0 aliphatic heterocycles. The smallest absolute Gasteiger partial charge is 0.419 e. The van der Waals surface area contributed by atoms with Crippen LogP contribution < -0.4 is 5.32 Å². The number of hydrogen-bond donors (Lipinski definition) is 2. The van der Waals surface area contributed by atoms with Crippen LogP contribution in [0.3, 0.4) is 0 Å². The molecule has 0 spiro atoms. The Morgan fingerprint density at radius 3 is 2.50 bits per heavy atom. The molecule has 0 heterocycles. The molecule has 1 aromatic rings. The summed E-state index contributed by atoms with van der Waals surface area (Å²) in [4.78, 5) is 0. The van der Waals surface area contributed by atoms with Crippen LogP contribution in [0.4, 0.5) is 13.2 Å². The molecule has 88 valence electrons. The number of phenolic OH excluding ortho intramolecular Hbond substituents is 1. The fourth-order valence-corrected chi connectivity index (χ4v) is 1.48. The van der Waals surface area contributed by atoms with Crippen molar-refractivity contribution in [2.45, 2.75) is 31.6 Å². The van der Waals surface area contributed by atoms with Gasteiger partial charge in [-0.3, -0.25) is 0 Å². The van der Waals surface area contributed by atoms with E-state index < -0.39 is 17.5 Å². The molecule has 5 heteroatoms. The van der Waals surface area contributed by atoms with Gasteiger partial charge >= 0.3 is 6.18 Å². The molecular formula is C11H12F3NO. The number of aromatic hydroxyl groups is 1. The van der Waals surface area contributed by atoms with Crippen molar-refractivity contribution in [2.24, 2.45) is 0 Å². The van der Waals surface area contributed by atoms with Crippen LogP contribution >= 0.6 is 0 Å². The van der Waals surface area contributed by atoms with Crippen molar-refractivity contribution in [2.75, 3.05) is 0 Å². The summed E-state index contributed by atoms with van der Waals surface area (Å²) in [6.45, 7) is 0.496. The standard InChI is InChI=1S/C11H12F3NO/c12-11(13,14)9-4-1-7(5-10(9)16)6-15-8-2-3-8/h1,4-5,8,15-16H,2-3,6H2. The molecule has 0 amide bonds. The van der Waals surface area contributed by atoms with Gasteiger partial charge < -0.3 is 10.4 Å². The summed E-state index contributed by atoms with van der Waals surface area (Å²) in [6, 6.07) is 3.96. The van der Waals surface area contributed by atoms with E-state index >= 15 is 0 Å². The van der Waals surface area contributed by atoms with E-state index in [0.29, 0.717) is 18.2 Å². The molecule has 0 unspecified atom stereocenters. The molecule has 0 atom stereocenters. The molecule has 0 saturated heterocycles. The van der Waals surface area contributed by atoms with Crippen LogP contribution in [0.2, 0.25) is 0 Å². The largest absolute Gasteiger partial charge is 0.507 e. The third-order valence-electron chi connectivity index (χ3n) is 2.54. The average Bonchev–Trinajstić information content (AvgIpc) is 2.96. The van der Waals surface area contributed by atoms with Crippen LogP contribution in [-0.4, -0.2) is 11.1 Å². The molecule has 1 saturated carbocycles. The molecule has 16 heavy (non-hydrogen) atoms. The van der Waals surface area contributed by atoms with Gasteiger partial charge in [-0.1, -0.05) is 6.07 Å². The third-order valence-corrected chi connectivity index (χ3v) is 2.54. The molecule has 0 aromatic heterocycles. The molecular weight excluding hydrogens is 219 g/mol. The first-order valence-corrected chi connectivity index (χ1v) is 5.09. The summed E-state index contributed by atoms with van der Waals surface area (Å²) < 4.78 is 37.0. The van der Waals surface area contributed by atoms with E-state index in [9.17, 15) is 18.3 Å². The number of phenols is 1. The highest BCUT2D eigenvalue weighted by Crippen LogP contribution is 2.35. The zero-order chi connectivity index (χ0) is 11.8. The van der Waals surface area contributed by atoms with Crippen LogP contribution in [0, 0.1) is 0 Å². The lowest BCUT2D eigenvalue weighted by Crippen LogP contribution is -2.15. The molecule has 1 fully saturated rings. The van der Waals surface area contributed by atoms with Crippen molar-refractivity contribution in [3.8, 4) is 5.75 Å². The first-order chi connectivity index (χ1) is 7.47. The zero-order valence-corrected chi connectivity index (χ0v) is 8.51. The summed E-state index contributed by atoms with van der Waals surface area (Å²) in [6.07, 6.45) is -2.26. The Hall–Kier alpha value is -1.23. The third kappa shape index (κ3) is 2.66. The van der Waals surface area contributed by atoms with Gasteiger partial charge in [-0.25, -0.2) is 0 Å². The highest BCUT2D eigenvalue weighted by Gasteiger charge is 2.33. The Labute approximate surface area is 91.1 Å². The number of halogens is 3. The predicted molar refractivity (Wildman–Crippen MR) is 53.0 cm³/mol. The van der Waals surface area contributed by atoms with Gasteiger partial charge in [-0.2, -0.15) is 13.2 Å². The first kappa shape index (κ1) is 11.3. The minimum atomic E-state index is -4.49. The van der Waals surface area contributed by atoms with E-state index in [4.69, 9.17) is 0 Å². The lowest BCUT2D eigenvalue weighted by Gasteiger charge is -2.10. The van der Waals surface area contributed by atoms with Crippen molar-refractivity contribution in [3.63, 3.8) is 0 Å². The highest BCUT2D eigenvalue weighted by atomic mass is 19.4. The van der Waals surface area contributed by atoms with Crippen molar-refractivity contribution < 1.29 is 18.3 Å². The number of benzene rings is 1. The van der Waals surface area contributed by atoms with E-state index in [1.165, 1.54) is 6.07 Å². The predicted octanol–water partition coefficient (Wildman–Crippen LogP) is 2.66. The lowest BCUT2D eigenvalue weighted by molar-refractivity contribution is -0.138. The number of rotatable bonds is 3. The van der Waals surface area contributed by atoms with Crippen molar-refractivity contribution in [1.82, 2.24) is 5.32 Å². The molecule has 1 aromatic carbocycles. The fourth-order valence-electron chi connectivity index (χ4n) is 1.48. The summed E-state index contributed by atoms with van der Waals surface area (Å²) >= 11 is 0. The van der Waals surface area contributed by atoms with E-state index in [1.54, 1.807) is 0 Å². The van der Waals surface area contributed by atoms with Gasteiger partial charge in [0.15, 0.2) is 0 Å². The maximum atomic E-state index is 12.3. The molecule has 2 rings (SSSR count). The van der Waals surface area contributed by atoms with Gasteiger partial charge in [0.1, 0.15) is 5.75 Å². The second-order valence-electron chi connectivity index (χ2n) is 4.00. The second-order valence-corrected chi connectivity index (χ2v) is 4.00. The van der Waals surface area contributed by atoms with Gasteiger partial charge in [0.25, 0.3) is 0 Å². The second kappa shape index (κ2) is 3.97. The van der Waals surface area contributed by atoms with Gasteiger partial charge in [0.05, 0.1) is 5.56 Å². The monoisotopic (exact) mass is 231 g/mol.